The Morgan fingerprint density at radius 2 is 1.79 bits per heavy atom. The number of aliphatic imine (C=N–C) groups is 1. The molecule has 0 aliphatic carbocycles. The van der Waals surface area contributed by atoms with E-state index in [1.54, 1.807) is 0 Å². The third-order valence-electron chi connectivity index (χ3n) is 2.89. The summed E-state index contributed by atoms with van der Waals surface area (Å²) >= 11 is 0. The highest BCUT2D eigenvalue weighted by atomic mass is 14.9. The van der Waals surface area contributed by atoms with Crippen LogP contribution in [-0.2, 0) is 6.42 Å². The van der Waals surface area contributed by atoms with Crippen LogP contribution in [0.25, 0.3) is 0 Å². The number of benzene rings is 2. The Bertz CT molecular complexity index is 535. The average molecular weight is 253 g/mol. The van der Waals surface area contributed by atoms with Gasteiger partial charge in [-0.3, -0.25) is 4.99 Å². The minimum absolute atomic E-state index is 0.0766. The Balaban J connectivity index is 2.02. The van der Waals surface area contributed by atoms with Gasteiger partial charge in [-0.1, -0.05) is 42.5 Å². The fourth-order valence-electron chi connectivity index (χ4n) is 1.91. The van der Waals surface area contributed by atoms with Crippen molar-refractivity contribution in [1.82, 2.24) is 0 Å². The number of nitrogens with one attached hydrogen (secondary N) is 1. The third-order valence-corrected chi connectivity index (χ3v) is 2.89. The van der Waals surface area contributed by atoms with Gasteiger partial charge in [0.2, 0.25) is 0 Å². The van der Waals surface area contributed by atoms with Gasteiger partial charge in [0.1, 0.15) is 0 Å². The van der Waals surface area contributed by atoms with Gasteiger partial charge >= 0.3 is 0 Å². The van der Waals surface area contributed by atoms with E-state index in [0.29, 0.717) is 0 Å². The smallest absolute Gasteiger partial charge is 0.0857 e. The van der Waals surface area contributed by atoms with Crippen molar-refractivity contribution in [2.75, 3.05) is 12.4 Å². The second-order valence-electron chi connectivity index (χ2n) is 4.40. The number of anilines is 1. The Morgan fingerprint density at radius 3 is 2.53 bits per heavy atom. The lowest BCUT2D eigenvalue weighted by molar-refractivity contribution is 0.864. The summed E-state index contributed by atoms with van der Waals surface area (Å²) in [5, 5.41) is 3.11. The maximum atomic E-state index is 6.08. The van der Waals surface area contributed by atoms with Crippen molar-refractivity contribution in [3.05, 3.63) is 60.2 Å². The normalized spacial score (nSPS) is 12.5. The SMILES string of the molecule is CNc1ccccc1N=C[C@@H](N)Cc1ccccc1. The minimum atomic E-state index is -0.0766. The lowest BCUT2D eigenvalue weighted by atomic mass is 10.1. The van der Waals surface area contributed by atoms with Gasteiger partial charge < -0.3 is 11.1 Å². The van der Waals surface area contributed by atoms with Crippen LogP contribution in [0, 0.1) is 0 Å². The fraction of sp³-hybridized carbons (Fsp3) is 0.188. The molecule has 0 aromatic heterocycles. The average Bonchev–Trinajstić information content (AvgIpc) is 2.46. The lowest BCUT2D eigenvalue weighted by Crippen LogP contribution is -2.24. The first kappa shape index (κ1) is 13.3. The van der Waals surface area contributed by atoms with E-state index in [0.717, 1.165) is 17.8 Å². The molecule has 2 aromatic carbocycles. The Kier molecular flexibility index (Phi) is 4.70. The number of para-hydroxylation sites is 2. The molecule has 0 amide bonds. The van der Waals surface area contributed by atoms with Crippen LogP contribution in [0.4, 0.5) is 11.4 Å². The summed E-state index contributed by atoms with van der Waals surface area (Å²) in [5.41, 5.74) is 9.22. The van der Waals surface area contributed by atoms with Gasteiger partial charge in [0.15, 0.2) is 0 Å². The first-order valence-corrected chi connectivity index (χ1v) is 6.40. The molecule has 0 spiro atoms. The number of nitrogens with two attached hydrogens (primary N) is 1. The number of hydrogen-bond donors (Lipinski definition) is 2. The van der Waals surface area contributed by atoms with Crippen LogP contribution in [0.3, 0.4) is 0 Å². The van der Waals surface area contributed by atoms with E-state index in [1.165, 1.54) is 5.56 Å². The Hall–Kier alpha value is -2.13. The summed E-state index contributed by atoms with van der Waals surface area (Å²) < 4.78 is 0. The molecule has 0 radical (unpaired) electrons. The molecule has 0 aliphatic heterocycles. The molecule has 0 heterocycles. The van der Waals surface area contributed by atoms with E-state index in [1.807, 2.05) is 55.7 Å². The molecule has 0 fully saturated rings. The van der Waals surface area contributed by atoms with Crippen LogP contribution in [-0.4, -0.2) is 19.3 Å². The lowest BCUT2D eigenvalue weighted by Gasteiger charge is -2.07. The van der Waals surface area contributed by atoms with Crippen molar-refractivity contribution >= 4 is 17.6 Å². The van der Waals surface area contributed by atoms with Gasteiger partial charge in [0, 0.05) is 19.3 Å². The van der Waals surface area contributed by atoms with Crippen molar-refractivity contribution in [3.8, 4) is 0 Å². The van der Waals surface area contributed by atoms with Crippen LogP contribution in [0.15, 0.2) is 59.6 Å². The summed E-state index contributed by atoms with van der Waals surface area (Å²) in [6, 6.07) is 18.0. The summed E-state index contributed by atoms with van der Waals surface area (Å²) in [6.07, 6.45) is 2.61. The first-order valence-electron chi connectivity index (χ1n) is 6.40. The number of rotatable bonds is 5. The third kappa shape index (κ3) is 3.93. The molecule has 3 nitrogen and oxygen atoms in total. The van der Waals surface area contributed by atoms with E-state index in [9.17, 15) is 0 Å². The minimum Gasteiger partial charge on any atom is -0.386 e. The molecular formula is C16H19N3. The molecule has 3 N–H and O–H groups in total. The highest BCUT2D eigenvalue weighted by molar-refractivity contribution is 5.74. The van der Waals surface area contributed by atoms with Crippen molar-refractivity contribution < 1.29 is 0 Å². The summed E-state index contributed by atoms with van der Waals surface area (Å²) in [4.78, 5) is 4.46. The van der Waals surface area contributed by atoms with Crippen molar-refractivity contribution in [2.24, 2.45) is 10.7 Å². The van der Waals surface area contributed by atoms with Crippen LogP contribution < -0.4 is 11.1 Å². The van der Waals surface area contributed by atoms with E-state index in [4.69, 9.17) is 5.73 Å². The molecule has 0 saturated heterocycles. The summed E-state index contributed by atoms with van der Waals surface area (Å²) in [7, 11) is 1.89. The van der Waals surface area contributed by atoms with Crippen molar-refractivity contribution in [2.45, 2.75) is 12.5 Å². The molecule has 0 aliphatic rings. The van der Waals surface area contributed by atoms with Gasteiger partial charge in [-0.2, -0.15) is 0 Å². The van der Waals surface area contributed by atoms with Gasteiger partial charge in [-0.05, 0) is 24.1 Å². The molecule has 3 heteroatoms. The predicted octanol–water partition coefficient (Wildman–Crippen LogP) is 3.00. The van der Waals surface area contributed by atoms with Gasteiger partial charge in [0.05, 0.1) is 11.4 Å². The highest BCUT2D eigenvalue weighted by Gasteiger charge is 2.01. The Morgan fingerprint density at radius 1 is 1.11 bits per heavy atom. The van der Waals surface area contributed by atoms with Gasteiger partial charge in [-0.15, -0.1) is 0 Å². The van der Waals surface area contributed by atoms with Crippen LogP contribution in [0.1, 0.15) is 5.56 Å². The van der Waals surface area contributed by atoms with Crippen LogP contribution >= 0.6 is 0 Å². The molecule has 1 atom stereocenters. The summed E-state index contributed by atoms with van der Waals surface area (Å²) in [6.45, 7) is 0. The maximum absolute atomic E-state index is 6.08. The Labute approximate surface area is 114 Å². The zero-order valence-corrected chi connectivity index (χ0v) is 11.1. The van der Waals surface area contributed by atoms with Gasteiger partial charge in [-0.25, -0.2) is 0 Å². The first-order chi connectivity index (χ1) is 9.29. The van der Waals surface area contributed by atoms with E-state index in [2.05, 4.69) is 22.4 Å². The maximum Gasteiger partial charge on any atom is 0.0857 e. The highest BCUT2D eigenvalue weighted by Crippen LogP contribution is 2.22. The topological polar surface area (TPSA) is 50.4 Å². The zero-order valence-electron chi connectivity index (χ0n) is 11.1. The standard InChI is InChI=1S/C16H19N3/c1-18-15-9-5-6-10-16(15)19-12-14(17)11-13-7-3-2-4-8-13/h2-10,12,14,18H,11,17H2,1H3/t14-/m0/s1. The number of hydrogen-bond acceptors (Lipinski definition) is 3. The largest absolute Gasteiger partial charge is 0.386 e. The quantitative estimate of drug-likeness (QED) is 0.805. The molecule has 2 rings (SSSR count). The van der Waals surface area contributed by atoms with E-state index < -0.39 is 0 Å². The zero-order chi connectivity index (χ0) is 13.5. The van der Waals surface area contributed by atoms with Crippen molar-refractivity contribution in [1.29, 1.82) is 0 Å². The fourth-order valence-corrected chi connectivity index (χ4v) is 1.91. The second kappa shape index (κ2) is 6.71. The predicted molar refractivity (Wildman–Crippen MR) is 82.3 cm³/mol. The molecule has 98 valence electrons. The molecule has 2 aromatic rings. The monoisotopic (exact) mass is 253 g/mol. The van der Waals surface area contributed by atoms with E-state index >= 15 is 0 Å². The molecular weight excluding hydrogens is 234 g/mol. The molecule has 0 bridgehead atoms. The molecule has 0 saturated carbocycles. The molecule has 19 heavy (non-hydrogen) atoms. The van der Waals surface area contributed by atoms with Gasteiger partial charge in [0.25, 0.3) is 0 Å². The summed E-state index contributed by atoms with van der Waals surface area (Å²) in [5.74, 6) is 0. The number of nitrogens with zero attached hydrogens (tertiary/aromatic N) is 1. The second-order valence-corrected chi connectivity index (χ2v) is 4.40. The van der Waals surface area contributed by atoms with Crippen LogP contribution in [0.2, 0.25) is 0 Å². The van der Waals surface area contributed by atoms with Crippen molar-refractivity contribution in [3.63, 3.8) is 0 Å². The van der Waals surface area contributed by atoms with E-state index in [-0.39, 0.29) is 6.04 Å². The molecule has 0 unspecified atom stereocenters. The van der Waals surface area contributed by atoms with Crippen LogP contribution in [0.5, 0.6) is 0 Å².